The van der Waals surface area contributed by atoms with Gasteiger partial charge in [-0.15, -0.1) is 0 Å². The molecule has 3 N–H and O–H groups in total. The van der Waals surface area contributed by atoms with Crippen LogP contribution >= 0.6 is 11.6 Å². The first-order valence-electron chi connectivity index (χ1n) is 7.72. The third-order valence-corrected chi connectivity index (χ3v) is 3.59. The summed E-state index contributed by atoms with van der Waals surface area (Å²) in [4.78, 5) is 23.8. The fourth-order valence-electron chi connectivity index (χ4n) is 2.02. The molecule has 0 aliphatic rings. The number of amides is 1. The average molecular weight is 351 g/mol. The van der Waals surface area contributed by atoms with Crippen LogP contribution in [0.1, 0.15) is 32.3 Å². The zero-order chi connectivity index (χ0) is 18.1. The number of nitrogens with one attached hydrogen (secondary N) is 1. The van der Waals surface area contributed by atoms with E-state index in [4.69, 9.17) is 22.1 Å². The van der Waals surface area contributed by atoms with Gasteiger partial charge < -0.3 is 15.8 Å². The maximum Gasteiger partial charge on any atom is 0.328 e. The standard InChI is InChI=1S/C18H23ClN2O3/c1-12(2)11-16(18(23)24-3)21-17(22)15(20)10-6-8-13-7-4-5-9-14(13)19/h4-5,7,9,12,15-16H,10-11,20H2,1-3H3,(H,21,22)/t15-,16-/m0/s1. The molecular formula is C18H23ClN2O3. The van der Waals surface area contributed by atoms with Crippen LogP contribution in [0.4, 0.5) is 0 Å². The van der Waals surface area contributed by atoms with Gasteiger partial charge >= 0.3 is 5.97 Å². The maximum absolute atomic E-state index is 12.1. The molecule has 0 radical (unpaired) electrons. The number of rotatable bonds is 6. The topological polar surface area (TPSA) is 81.4 Å². The molecule has 130 valence electrons. The first kappa shape index (κ1) is 20.0. The minimum absolute atomic E-state index is 0.159. The van der Waals surface area contributed by atoms with Gasteiger partial charge in [-0.25, -0.2) is 4.79 Å². The zero-order valence-electron chi connectivity index (χ0n) is 14.1. The van der Waals surface area contributed by atoms with Crippen LogP contribution in [0, 0.1) is 17.8 Å². The number of hydrogen-bond acceptors (Lipinski definition) is 4. The van der Waals surface area contributed by atoms with Gasteiger partial charge in [-0.3, -0.25) is 4.79 Å². The lowest BCUT2D eigenvalue weighted by molar-refractivity contribution is -0.145. The Balaban J connectivity index is 2.64. The minimum atomic E-state index is -0.834. The number of halogens is 1. The monoisotopic (exact) mass is 350 g/mol. The Morgan fingerprint density at radius 2 is 2.00 bits per heavy atom. The molecule has 0 unspecified atom stereocenters. The molecule has 1 amide bonds. The normalized spacial score (nSPS) is 12.8. The van der Waals surface area contributed by atoms with Crippen molar-refractivity contribution in [2.24, 2.45) is 11.7 Å². The molecule has 5 nitrogen and oxygen atoms in total. The largest absolute Gasteiger partial charge is 0.467 e. The van der Waals surface area contributed by atoms with Crippen LogP contribution in [-0.2, 0) is 14.3 Å². The molecule has 24 heavy (non-hydrogen) atoms. The number of benzene rings is 1. The molecule has 0 bridgehead atoms. The molecule has 0 saturated heterocycles. The van der Waals surface area contributed by atoms with E-state index in [1.165, 1.54) is 7.11 Å². The van der Waals surface area contributed by atoms with Gasteiger partial charge in [0, 0.05) is 12.0 Å². The summed E-state index contributed by atoms with van der Waals surface area (Å²) in [6, 6.07) is 5.63. The molecule has 0 aliphatic heterocycles. The molecule has 6 heteroatoms. The molecule has 0 spiro atoms. The van der Waals surface area contributed by atoms with Crippen molar-refractivity contribution < 1.29 is 14.3 Å². The highest BCUT2D eigenvalue weighted by atomic mass is 35.5. The molecule has 0 saturated carbocycles. The summed E-state index contributed by atoms with van der Waals surface area (Å²) >= 11 is 6.01. The maximum atomic E-state index is 12.1. The first-order valence-corrected chi connectivity index (χ1v) is 8.10. The predicted molar refractivity (Wildman–Crippen MR) is 94.3 cm³/mol. The smallest absolute Gasteiger partial charge is 0.328 e. The number of nitrogens with two attached hydrogens (primary N) is 1. The van der Waals surface area contributed by atoms with E-state index >= 15 is 0 Å². The van der Waals surface area contributed by atoms with Crippen molar-refractivity contribution in [2.45, 2.75) is 38.8 Å². The molecular weight excluding hydrogens is 328 g/mol. The summed E-state index contributed by atoms with van der Waals surface area (Å²) in [5.74, 6) is 5.04. The van der Waals surface area contributed by atoms with Crippen LogP contribution < -0.4 is 11.1 Å². The third kappa shape index (κ3) is 6.61. The van der Waals surface area contributed by atoms with Crippen LogP contribution in [0.15, 0.2) is 24.3 Å². The summed E-state index contributed by atoms with van der Waals surface area (Å²) in [7, 11) is 1.29. The van der Waals surface area contributed by atoms with Gasteiger partial charge in [-0.2, -0.15) is 0 Å². The van der Waals surface area contributed by atoms with E-state index in [0.717, 1.165) is 0 Å². The molecule has 1 aromatic rings. The Bertz CT molecular complexity index is 635. The second-order valence-electron chi connectivity index (χ2n) is 5.81. The van der Waals surface area contributed by atoms with Crippen LogP contribution in [-0.4, -0.2) is 31.1 Å². The third-order valence-electron chi connectivity index (χ3n) is 3.26. The highest BCUT2D eigenvalue weighted by molar-refractivity contribution is 6.31. The molecule has 0 heterocycles. The van der Waals surface area contributed by atoms with Crippen LogP contribution in [0.5, 0.6) is 0 Å². The van der Waals surface area contributed by atoms with Gasteiger partial charge in [0.05, 0.1) is 18.2 Å². The lowest BCUT2D eigenvalue weighted by Crippen LogP contribution is -2.49. The van der Waals surface area contributed by atoms with E-state index in [-0.39, 0.29) is 12.3 Å². The average Bonchev–Trinajstić information content (AvgIpc) is 2.54. The van der Waals surface area contributed by atoms with E-state index in [1.807, 2.05) is 26.0 Å². The predicted octanol–water partition coefficient (Wildman–Crippen LogP) is 2.11. The number of hydrogen-bond donors (Lipinski definition) is 2. The van der Waals surface area contributed by atoms with Gasteiger partial charge in [0.25, 0.3) is 0 Å². The second-order valence-corrected chi connectivity index (χ2v) is 6.21. The molecule has 1 aromatic carbocycles. The lowest BCUT2D eigenvalue weighted by Gasteiger charge is -2.19. The fourth-order valence-corrected chi connectivity index (χ4v) is 2.20. The van der Waals surface area contributed by atoms with Crippen LogP contribution in [0.25, 0.3) is 0 Å². The van der Waals surface area contributed by atoms with Crippen molar-refractivity contribution in [2.75, 3.05) is 7.11 Å². The van der Waals surface area contributed by atoms with Crippen molar-refractivity contribution in [3.05, 3.63) is 34.9 Å². The van der Waals surface area contributed by atoms with Gasteiger partial charge in [0.2, 0.25) is 5.91 Å². The SMILES string of the molecule is COC(=O)[C@H](CC(C)C)NC(=O)[C@@H](N)CC#Cc1ccccc1Cl. The van der Waals surface area contributed by atoms with Crippen molar-refractivity contribution in [3.8, 4) is 11.8 Å². The van der Waals surface area contributed by atoms with Gasteiger partial charge in [-0.1, -0.05) is 49.4 Å². The van der Waals surface area contributed by atoms with Crippen LogP contribution in [0.2, 0.25) is 5.02 Å². The molecule has 0 aromatic heterocycles. The minimum Gasteiger partial charge on any atom is -0.467 e. The van der Waals surface area contributed by atoms with Gasteiger partial charge in [0.1, 0.15) is 6.04 Å². The highest BCUT2D eigenvalue weighted by Crippen LogP contribution is 2.13. The van der Waals surface area contributed by atoms with E-state index in [0.29, 0.717) is 17.0 Å². The summed E-state index contributed by atoms with van der Waals surface area (Å²) < 4.78 is 4.71. The molecule has 0 aliphatic carbocycles. The summed E-state index contributed by atoms with van der Waals surface area (Å²) in [5.41, 5.74) is 6.52. The Hall–Kier alpha value is -2.03. The molecule has 0 fully saturated rings. The quantitative estimate of drug-likeness (QED) is 0.608. The number of carbonyl (C=O) groups is 2. The Morgan fingerprint density at radius 1 is 1.33 bits per heavy atom. The van der Waals surface area contributed by atoms with Crippen molar-refractivity contribution in [3.63, 3.8) is 0 Å². The number of methoxy groups -OCH3 is 1. The highest BCUT2D eigenvalue weighted by Gasteiger charge is 2.24. The van der Waals surface area contributed by atoms with Crippen molar-refractivity contribution in [1.82, 2.24) is 5.32 Å². The number of esters is 1. The molecule has 1 rings (SSSR count). The summed E-state index contributed by atoms with van der Waals surface area (Å²) in [6.07, 6.45) is 0.642. The van der Waals surface area contributed by atoms with E-state index in [1.54, 1.807) is 12.1 Å². The lowest BCUT2D eigenvalue weighted by atomic mass is 10.0. The summed E-state index contributed by atoms with van der Waals surface area (Å²) in [6.45, 7) is 3.91. The fraction of sp³-hybridized carbons (Fsp3) is 0.444. The van der Waals surface area contributed by atoms with Gasteiger partial charge in [0.15, 0.2) is 0 Å². The molecule has 2 atom stereocenters. The van der Waals surface area contributed by atoms with Crippen LogP contribution in [0.3, 0.4) is 0 Å². The number of carbonyl (C=O) groups excluding carboxylic acids is 2. The van der Waals surface area contributed by atoms with Crippen molar-refractivity contribution >= 4 is 23.5 Å². The first-order chi connectivity index (χ1) is 11.3. The zero-order valence-corrected chi connectivity index (χ0v) is 14.9. The Morgan fingerprint density at radius 3 is 2.58 bits per heavy atom. The second kappa shape index (κ2) is 9.96. The van der Waals surface area contributed by atoms with Gasteiger partial charge in [-0.05, 0) is 24.5 Å². The van der Waals surface area contributed by atoms with E-state index < -0.39 is 24.0 Å². The van der Waals surface area contributed by atoms with Crippen molar-refractivity contribution in [1.29, 1.82) is 0 Å². The number of ether oxygens (including phenoxy) is 1. The Kier molecular flexibility index (Phi) is 8.31. The van der Waals surface area contributed by atoms with E-state index in [2.05, 4.69) is 17.2 Å². The van der Waals surface area contributed by atoms with E-state index in [9.17, 15) is 9.59 Å². The Labute approximate surface area is 147 Å². The summed E-state index contributed by atoms with van der Waals surface area (Å²) in [5, 5.41) is 3.17.